The molecule has 1 aliphatic rings. The Labute approximate surface area is 78.9 Å². The molecule has 0 amide bonds. The number of rotatable bonds is 2. The van der Waals surface area contributed by atoms with Crippen molar-refractivity contribution in [1.29, 1.82) is 0 Å². The zero-order chi connectivity index (χ0) is 9.10. The number of hydrogen-bond acceptors (Lipinski definition) is 2. The van der Waals surface area contributed by atoms with Gasteiger partial charge in [0, 0.05) is 18.0 Å². The summed E-state index contributed by atoms with van der Waals surface area (Å²) in [5, 5.41) is 0. The van der Waals surface area contributed by atoms with Crippen LogP contribution < -0.4 is 4.74 Å². The minimum absolute atomic E-state index is 0.669. The van der Waals surface area contributed by atoms with Crippen LogP contribution in [0.4, 0.5) is 0 Å². The average Bonchev–Trinajstić information content (AvgIpc) is 2.19. The van der Waals surface area contributed by atoms with E-state index in [1.807, 2.05) is 12.3 Å². The zero-order valence-electron chi connectivity index (χ0n) is 7.99. The molecule has 0 fully saturated rings. The molecule has 0 unspecified atom stereocenters. The normalized spacial score (nSPS) is 20.5. The highest BCUT2D eigenvalue weighted by Crippen LogP contribution is 2.35. The van der Waals surface area contributed by atoms with E-state index < -0.39 is 0 Å². The first-order valence-corrected chi connectivity index (χ1v) is 4.98. The van der Waals surface area contributed by atoms with Crippen molar-refractivity contribution in [2.24, 2.45) is 0 Å². The molecule has 1 aromatic heterocycles. The molecule has 1 aliphatic heterocycles. The minimum Gasteiger partial charge on any atom is -0.493 e. The molecule has 0 bridgehead atoms. The molecule has 0 aliphatic carbocycles. The van der Waals surface area contributed by atoms with Crippen LogP contribution in [0.3, 0.4) is 0 Å². The van der Waals surface area contributed by atoms with E-state index in [2.05, 4.69) is 11.9 Å². The van der Waals surface area contributed by atoms with Gasteiger partial charge in [0.1, 0.15) is 5.75 Å². The minimum atomic E-state index is 0.669. The maximum Gasteiger partial charge on any atom is 0.125 e. The van der Waals surface area contributed by atoms with Crippen LogP contribution in [-0.4, -0.2) is 11.6 Å². The van der Waals surface area contributed by atoms with Crippen LogP contribution in [-0.2, 0) is 0 Å². The van der Waals surface area contributed by atoms with E-state index in [0.717, 1.165) is 18.8 Å². The quantitative estimate of drug-likeness (QED) is 0.693. The van der Waals surface area contributed by atoms with E-state index >= 15 is 0 Å². The summed E-state index contributed by atoms with van der Waals surface area (Å²) in [5.41, 5.74) is 1.30. The third kappa shape index (κ3) is 1.67. The van der Waals surface area contributed by atoms with E-state index in [1.54, 1.807) is 6.20 Å². The molecule has 2 heterocycles. The summed E-state index contributed by atoms with van der Waals surface area (Å²) < 4.78 is 5.56. The van der Waals surface area contributed by atoms with Gasteiger partial charge >= 0.3 is 0 Å². The molecule has 0 saturated heterocycles. The van der Waals surface area contributed by atoms with Crippen LogP contribution in [0.25, 0.3) is 0 Å². The summed E-state index contributed by atoms with van der Waals surface area (Å²) in [4.78, 5) is 4.15. The van der Waals surface area contributed by atoms with Crippen LogP contribution in [0.5, 0.6) is 5.75 Å². The molecule has 1 atom stereocenters. The van der Waals surface area contributed by atoms with E-state index in [9.17, 15) is 0 Å². The van der Waals surface area contributed by atoms with E-state index in [1.165, 1.54) is 18.4 Å². The number of ether oxygens (including phenoxy) is 1. The van der Waals surface area contributed by atoms with Gasteiger partial charge < -0.3 is 4.74 Å². The molecule has 0 N–H and O–H groups in total. The summed E-state index contributed by atoms with van der Waals surface area (Å²) in [7, 11) is 0. The maximum absolute atomic E-state index is 5.56. The van der Waals surface area contributed by atoms with Crippen LogP contribution >= 0.6 is 0 Å². The standard InChI is InChI=1S/C11H15NO/c1-2-3-9-5-7-13-11-4-6-12-8-10(9)11/h4,6,8-9H,2-3,5,7H2,1H3/t9-/m0/s1. The highest BCUT2D eigenvalue weighted by atomic mass is 16.5. The largest absolute Gasteiger partial charge is 0.493 e. The van der Waals surface area contributed by atoms with Gasteiger partial charge in [0.25, 0.3) is 0 Å². The molecule has 2 heteroatoms. The van der Waals surface area contributed by atoms with Crippen molar-refractivity contribution in [2.75, 3.05) is 6.61 Å². The monoisotopic (exact) mass is 177 g/mol. The molecule has 13 heavy (non-hydrogen) atoms. The number of aromatic nitrogens is 1. The second-order valence-corrected chi connectivity index (χ2v) is 3.54. The lowest BCUT2D eigenvalue weighted by molar-refractivity contribution is 0.262. The Bertz CT molecular complexity index is 285. The SMILES string of the molecule is CCC[C@H]1CCOc2ccncc21. The predicted molar refractivity (Wildman–Crippen MR) is 52.0 cm³/mol. The summed E-state index contributed by atoms with van der Waals surface area (Å²) in [5.74, 6) is 1.71. The predicted octanol–water partition coefficient (Wildman–Crippen LogP) is 2.75. The Kier molecular flexibility index (Phi) is 2.48. The number of pyridine rings is 1. The molecule has 2 nitrogen and oxygen atoms in total. The smallest absolute Gasteiger partial charge is 0.125 e. The van der Waals surface area contributed by atoms with Crippen molar-refractivity contribution in [3.8, 4) is 5.75 Å². The lowest BCUT2D eigenvalue weighted by atomic mass is 9.91. The molecule has 2 rings (SSSR count). The topological polar surface area (TPSA) is 22.1 Å². The lowest BCUT2D eigenvalue weighted by Crippen LogP contribution is -2.14. The van der Waals surface area contributed by atoms with E-state index in [-0.39, 0.29) is 0 Å². The van der Waals surface area contributed by atoms with Gasteiger partial charge in [0.05, 0.1) is 6.61 Å². The average molecular weight is 177 g/mol. The number of nitrogens with zero attached hydrogens (tertiary/aromatic N) is 1. The van der Waals surface area contributed by atoms with Gasteiger partial charge in [-0.25, -0.2) is 0 Å². The molecule has 0 radical (unpaired) electrons. The molecule has 1 aromatic rings. The molecular formula is C11H15NO. The Balaban J connectivity index is 2.26. The van der Waals surface area contributed by atoms with Crippen LogP contribution in [0.1, 0.15) is 37.7 Å². The molecule has 70 valence electrons. The fourth-order valence-electron chi connectivity index (χ4n) is 1.95. The fourth-order valence-corrected chi connectivity index (χ4v) is 1.95. The second-order valence-electron chi connectivity index (χ2n) is 3.54. The lowest BCUT2D eigenvalue weighted by Gasteiger charge is -2.24. The van der Waals surface area contributed by atoms with Crippen molar-refractivity contribution in [3.05, 3.63) is 24.0 Å². The van der Waals surface area contributed by atoms with Crippen molar-refractivity contribution < 1.29 is 4.74 Å². The maximum atomic E-state index is 5.56. The van der Waals surface area contributed by atoms with Gasteiger partial charge in [0.2, 0.25) is 0 Å². The Morgan fingerprint density at radius 3 is 3.38 bits per heavy atom. The number of fused-ring (bicyclic) bond motifs is 1. The fraction of sp³-hybridized carbons (Fsp3) is 0.545. The summed E-state index contributed by atoms with van der Waals surface area (Å²) in [6, 6.07) is 1.97. The molecule has 0 aromatic carbocycles. The number of hydrogen-bond donors (Lipinski definition) is 0. The Hall–Kier alpha value is -1.05. The molecular weight excluding hydrogens is 162 g/mol. The first kappa shape index (κ1) is 8.54. The summed E-state index contributed by atoms with van der Waals surface area (Å²) in [6.45, 7) is 3.09. The van der Waals surface area contributed by atoms with Gasteiger partial charge in [0.15, 0.2) is 0 Å². The van der Waals surface area contributed by atoms with E-state index in [0.29, 0.717) is 5.92 Å². The van der Waals surface area contributed by atoms with Gasteiger partial charge in [-0.3, -0.25) is 4.98 Å². The Morgan fingerprint density at radius 1 is 1.62 bits per heavy atom. The first-order chi connectivity index (χ1) is 6.42. The third-order valence-corrected chi connectivity index (χ3v) is 2.61. The molecule has 0 saturated carbocycles. The van der Waals surface area contributed by atoms with Crippen molar-refractivity contribution in [2.45, 2.75) is 32.1 Å². The highest BCUT2D eigenvalue weighted by Gasteiger charge is 2.20. The van der Waals surface area contributed by atoms with Crippen molar-refractivity contribution >= 4 is 0 Å². The molecule has 0 spiro atoms. The van der Waals surface area contributed by atoms with Gasteiger partial charge in [-0.2, -0.15) is 0 Å². The Morgan fingerprint density at radius 2 is 2.54 bits per heavy atom. The highest BCUT2D eigenvalue weighted by molar-refractivity contribution is 5.34. The van der Waals surface area contributed by atoms with Gasteiger partial charge in [-0.1, -0.05) is 13.3 Å². The van der Waals surface area contributed by atoms with Crippen LogP contribution in [0, 0.1) is 0 Å². The summed E-state index contributed by atoms with van der Waals surface area (Å²) in [6.07, 6.45) is 7.38. The van der Waals surface area contributed by atoms with Crippen molar-refractivity contribution in [1.82, 2.24) is 4.98 Å². The van der Waals surface area contributed by atoms with Gasteiger partial charge in [-0.15, -0.1) is 0 Å². The van der Waals surface area contributed by atoms with Crippen molar-refractivity contribution in [3.63, 3.8) is 0 Å². The first-order valence-electron chi connectivity index (χ1n) is 4.98. The van der Waals surface area contributed by atoms with E-state index in [4.69, 9.17) is 4.74 Å². The summed E-state index contributed by atoms with van der Waals surface area (Å²) >= 11 is 0. The van der Waals surface area contributed by atoms with Gasteiger partial charge in [-0.05, 0) is 24.8 Å². The second kappa shape index (κ2) is 3.77. The van der Waals surface area contributed by atoms with Crippen LogP contribution in [0.2, 0.25) is 0 Å². The third-order valence-electron chi connectivity index (χ3n) is 2.61. The zero-order valence-corrected chi connectivity index (χ0v) is 7.99. The van der Waals surface area contributed by atoms with Crippen LogP contribution in [0.15, 0.2) is 18.5 Å².